The minimum Gasteiger partial charge on any atom is -0.504 e. The Morgan fingerprint density at radius 1 is 0.358 bits per heavy atom. The second kappa shape index (κ2) is 39.8. The predicted molar refractivity (Wildman–Crippen MR) is 506 cm³/mol. The Morgan fingerprint density at radius 2 is 0.717 bits per heavy atom. The molecule has 6 heteroatoms. The molecule has 632 valence electrons. The van der Waals surface area contributed by atoms with Crippen LogP contribution >= 0.6 is 0 Å². The topological polar surface area (TPSA) is 101 Å². The molecule has 0 aromatic rings. The number of methoxy groups -OCH3 is 1. The summed E-state index contributed by atoms with van der Waals surface area (Å²) in [4.78, 5) is 0. The molecule has 0 spiro atoms. The van der Waals surface area contributed by atoms with Gasteiger partial charge in [-0.2, -0.15) is 0 Å². The molecule has 0 saturated heterocycles. The van der Waals surface area contributed by atoms with Crippen molar-refractivity contribution < 1.29 is 33.6 Å². The quantitative estimate of drug-likeness (QED) is 0.0752. The number of fused-ring (bicyclic) bond motifs is 7. The molecule has 4 unspecified atom stereocenters. The number of aryl methyl sites for hydroxylation is 10. The molecule has 0 aromatic heterocycles. The van der Waals surface area contributed by atoms with Crippen molar-refractivity contribution in [2.45, 2.75) is 255 Å². The van der Waals surface area contributed by atoms with Crippen molar-refractivity contribution >= 4 is 12.2 Å². The number of allylic oxidation sites excluding steroid dienone is 7. The van der Waals surface area contributed by atoms with Gasteiger partial charge in [0.25, 0.3) is 0 Å². The van der Waals surface area contributed by atoms with Crippen LogP contribution in [-0.4, -0.2) is 7.11 Å². The lowest BCUT2D eigenvalue weighted by Gasteiger charge is -2.27. The Hall–Kier alpha value is -9.17. The molecule has 14 rings (SSSR count). The van der Waals surface area contributed by atoms with Crippen LogP contribution < -0.4 is 18.6 Å². The number of hydrogen-bond donors (Lipinski definition) is 0. The van der Waals surface area contributed by atoms with Gasteiger partial charge in [-0.3, -0.25) is 0 Å². The van der Waals surface area contributed by atoms with Gasteiger partial charge in [-0.05, 0) is 405 Å². The smallest absolute Gasteiger partial charge is 0.0830 e. The maximum absolute atomic E-state index is 8.49. The molecule has 0 N–H and O–H groups in total. The van der Waals surface area contributed by atoms with E-state index in [0.717, 1.165) is 30.1 Å². The normalized spacial score (nSPS) is 16.1. The fourth-order valence-corrected chi connectivity index (χ4v) is 19.1. The van der Waals surface area contributed by atoms with Crippen molar-refractivity contribution in [2.24, 2.45) is 29.6 Å². The Morgan fingerprint density at radius 3 is 1.18 bits per heavy atom. The minimum absolute atomic E-state index is 0.526. The standard InChI is InChI=1S/C35H46.C31H36.C30H34.C18H22O.ClHO4/c1-22(2)28-16-17-32-25(6)18-31(35(32)27(8)20-28)13-11-9-10-12-30-19-26(7)33-21-29(23(3)4)15-14-24(5)34(30)33;1-18(2)24-11-12-28-21(6)13-27(31(28)23(8)15-24)16-26-14-22(7)29-17-25(19(3)4)10-9-20(5)30(26)29;1-17(2)23-11-9-19(5)25-15-29(21(7)27(25)13-23)30-16-26-20(6)10-12-24(18(3)4)14-28(26)22(30)8;1-12(2)15-7-6-13(3)18-16(8-9-19-5)10-14(4)17(18)11-15;2-1(3,4)5/h9-13,16-20,22-24,29,33-34H,14-15,21H2,1-8H3;9-15,17-19H,16H2,1-8H3;9-18H,1-8H3;6-12H,1-5H3;(H,2,3,4,5)/p-1/b10-9+,13-11+,30-12+;;;9-8+;. The first kappa shape index (κ1) is 93.1. The van der Waals surface area contributed by atoms with Crippen molar-refractivity contribution in [3.8, 4) is 77.9 Å². The highest BCUT2D eigenvalue weighted by Crippen LogP contribution is 2.51. The molecule has 1 saturated carbocycles. The molecular formula is C114H138ClO5-. The third-order valence-electron chi connectivity index (χ3n) is 26.5. The summed E-state index contributed by atoms with van der Waals surface area (Å²) in [6, 6.07) is 56.1. The van der Waals surface area contributed by atoms with Crippen molar-refractivity contribution in [1.82, 2.24) is 0 Å². The summed E-state index contributed by atoms with van der Waals surface area (Å²) in [5, 5.41) is 0. The third-order valence-corrected chi connectivity index (χ3v) is 26.5. The summed E-state index contributed by atoms with van der Waals surface area (Å²) < 4.78 is 39.0. The van der Waals surface area contributed by atoms with E-state index in [0.29, 0.717) is 41.4 Å². The van der Waals surface area contributed by atoms with Gasteiger partial charge in [0, 0.05) is 0 Å². The molecule has 14 aliphatic rings. The van der Waals surface area contributed by atoms with E-state index in [1.807, 2.05) is 6.08 Å². The second-order valence-corrected chi connectivity index (χ2v) is 38.4. The summed E-state index contributed by atoms with van der Waals surface area (Å²) in [7, 11) is -3.27. The van der Waals surface area contributed by atoms with Crippen LogP contribution in [-0.2, 0) is 11.2 Å². The average molecular weight is 1620 g/mol. The lowest BCUT2D eigenvalue weighted by Crippen LogP contribution is -2.68. The van der Waals surface area contributed by atoms with Gasteiger partial charge in [0.2, 0.25) is 0 Å². The van der Waals surface area contributed by atoms with Crippen molar-refractivity contribution in [1.29, 1.82) is 0 Å². The zero-order valence-corrected chi connectivity index (χ0v) is 78.8. The predicted octanol–water partition coefficient (Wildman–Crippen LogP) is 28.7. The first-order valence-corrected chi connectivity index (χ1v) is 45.6. The Kier molecular flexibility index (Phi) is 30.9. The van der Waals surface area contributed by atoms with Crippen LogP contribution in [0.4, 0.5) is 0 Å². The van der Waals surface area contributed by atoms with E-state index in [1.54, 1.807) is 24.5 Å². The van der Waals surface area contributed by atoms with E-state index in [2.05, 4.69) is 376 Å². The van der Waals surface area contributed by atoms with Crippen LogP contribution in [0.3, 0.4) is 0 Å². The van der Waals surface area contributed by atoms with E-state index in [1.165, 1.54) is 220 Å². The van der Waals surface area contributed by atoms with E-state index >= 15 is 0 Å². The van der Waals surface area contributed by atoms with Crippen molar-refractivity contribution in [3.05, 3.63) is 316 Å². The van der Waals surface area contributed by atoms with Gasteiger partial charge in [0.15, 0.2) is 0 Å². The summed E-state index contributed by atoms with van der Waals surface area (Å²) in [5.41, 5.74) is 52.9. The summed E-state index contributed by atoms with van der Waals surface area (Å²) in [6.07, 6.45) is 22.8. The summed E-state index contributed by atoms with van der Waals surface area (Å²) in [6.45, 7) is 63.9. The number of hydrogen-bond acceptors (Lipinski definition) is 5. The molecule has 1 fully saturated rings. The van der Waals surface area contributed by atoms with Gasteiger partial charge in [-0.15, -0.1) is 10.2 Å². The molecule has 0 radical (unpaired) electrons. The van der Waals surface area contributed by atoms with E-state index in [4.69, 9.17) is 23.4 Å². The number of rotatable bonds is 15. The SMILES string of the molecule is CC1=C\C(=C/C=C/C=C/c2cc(C)c3ccc(C(C)C)cc(C)c2-3)C2C(C)CCC(C(C)C)CC12.CO/C=C/c1cc(C)c2cc(C(C)C)ccc(C)c1-2.Cc1cc(Cc2cc(C)c3cc(C(C)C)ccc(C)c2-3)c2c(C)cc(C(C)C)ccc1-2.Cc1ccc(C(C)C)cc2c(C)c(-c3cc4c(C)ccc(C(C)C)cc-4c3C)cc1-2.[O-][Cl+3]([O-])([O-])[O-]. The van der Waals surface area contributed by atoms with Gasteiger partial charge in [-0.1, -0.05) is 279 Å². The second-order valence-electron chi connectivity index (χ2n) is 37.7. The first-order chi connectivity index (χ1) is 56.6. The Labute approximate surface area is 726 Å². The molecular weight excluding hydrogens is 1480 g/mol. The lowest BCUT2D eigenvalue weighted by atomic mass is 9.77. The van der Waals surface area contributed by atoms with Gasteiger partial charge in [-0.25, -0.2) is 18.6 Å². The molecule has 0 amide bonds. The number of ether oxygens (including phenoxy) is 1. The largest absolute Gasteiger partial charge is 0.504 e. The molecule has 0 heterocycles. The van der Waals surface area contributed by atoms with Crippen LogP contribution in [0.2, 0.25) is 0 Å². The van der Waals surface area contributed by atoms with Crippen LogP contribution in [0.25, 0.3) is 90.0 Å². The molecule has 0 bridgehead atoms. The summed E-state index contributed by atoms with van der Waals surface area (Å²) >= 11 is 0. The molecule has 0 aromatic carbocycles. The van der Waals surface area contributed by atoms with Gasteiger partial charge < -0.3 is 4.74 Å². The maximum Gasteiger partial charge on any atom is 0.0830 e. The van der Waals surface area contributed by atoms with E-state index in [9.17, 15) is 0 Å². The maximum atomic E-state index is 8.49. The fraction of sp³-hybridized carbons (Fsp3) is 0.386. The molecule has 14 aliphatic carbocycles. The van der Waals surface area contributed by atoms with E-state index in [-0.39, 0.29) is 0 Å². The van der Waals surface area contributed by atoms with Crippen LogP contribution in [0.15, 0.2) is 193 Å². The first-order valence-electron chi connectivity index (χ1n) is 44.3. The number of halogens is 1. The molecule has 5 nitrogen and oxygen atoms in total. The zero-order chi connectivity index (χ0) is 88.0. The highest BCUT2D eigenvalue weighted by Gasteiger charge is 2.39. The third kappa shape index (κ3) is 21.6. The van der Waals surface area contributed by atoms with Gasteiger partial charge >= 0.3 is 0 Å². The Balaban J connectivity index is 0.000000168. The van der Waals surface area contributed by atoms with Crippen molar-refractivity contribution in [2.75, 3.05) is 7.11 Å². The molecule has 120 heavy (non-hydrogen) atoms. The Bertz CT molecular complexity index is 5430. The van der Waals surface area contributed by atoms with Crippen LogP contribution in [0.1, 0.15) is 288 Å². The molecule has 0 aliphatic heterocycles. The summed E-state index contributed by atoms with van der Waals surface area (Å²) in [5.74, 6) is 7.10. The van der Waals surface area contributed by atoms with Gasteiger partial charge in [0.1, 0.15) is 0 Å². The minimum atomic E-state index is -4.94. The zero-order valence-electron chi connectivity index (χ0n) is 78.1. The van der Waals surface area contributed by atoms with Crippen LogP contribution in [0.5, 0.6) is 0 Å². The van der Waals surface area contributed by atoms with Crippen LogP contribution in [0, 0.1) is 123 Å². The molecule has 4 atom stereocenters. The highest BCUT2D eigenvalue weighted by molar-refractivity contribution is 5.94. The highest BCUT2D eigenvalue weighted by atomic mass is 35.7. The fourth-order valence-electron chi connectivity index (χ4n) is 19.1. The van der Waals surface area contributed by atoms with Crippen molar-refractivity contribution in [3.63, 3.8) is 0 Å². The lowest BCUT2D eigenvalue weighted by molar-refractivity contribution is -2.00. The van der Waals surface area contributed by atoms with E-state index < -0.39 is 10.2 Å². The van der Waals surface area contributed by atoms with Gasteiger partial charge in [0.05, 0.1) is 13.4 Å². The average Bonchev–Trinajstić information content (AvgIpc) is 1.60. The monoisotopic (exact) mass is 1620 g/mol.